The van der Waals surface area contributed by atoms with E-state index in [1.807, 2.05) is 6.92 Å². The molecule has 1 aromatic rings. The first-order valence-corrected chi connectivity index (χ1v) is 6.93. The van der Waals surface area contributed by atoms with Crippen molar-refractivity contribution in [2.24, 2.45) is 0 Å². The van der Waals surface area contributed by atoms with Gasteiger partial charge in [-0.15, -0.1) is 0 Å². The summed E-state index contributed by atoms with van der Waals surface area (Å²) in [5.41, 5.74) is 0. The molecule has 6 heteroatoms. The number of nitrogens with one attached hydrogen (secondary N) is 1. The molecule has 1 aromatic carbocycles. The lowest BCUT2D eigenvalue weighted by Gasteiger charge is -2.20. The van der Waals surface area contributed by atoms with Crippen LogP contribution in [0, 0.1) is 5.82 Å². The third-order valence-electron chi connectivity index (χ3n) is 3.17. The molecule has 1 amide bonds. The van der Waals surface area contributed by atoms with Crippen LogP contribution in [0.2, 0.25) is 5.02 Å². The van der Waals surface area contributed by atoms with Crippen LogP contribution < -0.4 is 10.1 Å². The van der Waals surface area contributed by atoms with Crippen LogP contribution in [-0.4, -0.2) is 31.3 Å². The highest BCUT2D eigenvalue weighted by Gasteiger charge is 2.23. The Morgan fingerprint density at radius 2 is 2.45 bits per heavy atom. The molecule has 110 valence electrons. The van der Waals surface area contributed by atoms with Crippen molar-refractivity contribution in [1.29, 1.82) is 0 Å². The van der Waals surface area contributed by atoms with Gasteiger partial charge < -0.3 is 14.8 Å². The van der Waals surface area contributed by atoms with Gasteiger partial charge in [-0.1, -0.05) is 11.6 Å². The molecule has 1 saturated heterocycles. The minimum absolute atomic E-state index is 0.0318. The van der Waals surface area contributed by atoms with Gasteiger partial charge in [-0.05, 0) is 31.9 Å². The maximum atomic E-state index is 13.0. The molecule has 0 unspecified atom stereocenters. The molecular weight excluding hydrogens is 285 g/mol. The van der Waals surface area contributed by atoms with E-state index < -0.39 is 5.82 Å². The Morgan fingerprint density at radius 1 is 1.65 bits per heavy atom. The summed E-state index contributed by atoms with van der Waals surface area (Å²) in [4.78, 5) is 11.7. The maximum absolute atomic E-state index is 13.0. The number of amides is 1. The average molecular weight is 302 g/mol. The Kier molecular flexibility index (Phi) is 5.20. The van der Waals surface area contributed by atoms with E-state index in [9.17, 15) is 9.18 Å². The van der Waals surface area contributed by atoms with E-state index in [1.165, 1.54) is 18.2 Å². The molecule has 0 spiro atoms. The summed E-state index contributed by atoms with van der Waals surface area (Å²) in [5.74, 6) is -0.403. The zero-order valence-electron chi connectivity index (χ0n) is 11.2. The topological polar surface area (TPSA) is 47.6 Å². The third kappa shape index (κ3) is 4.08. The fourth-order valence-electron chi connectivity index (χ4n) is 2.10. The average Bonchev–Trinajstić information content (AvgIpc) is 2.94. The van der Waals surface area contributed by atoms with E-state index in [4.69, 9.17) is 21.1 Å². The SMILES string of the molecule is C[C@H](NC(=O)COc1ccc(F)c(Cl)c1)[C@@H]1CCCO1. The van der Waals surface area contributed by atoms with Crippen molar-refractivity contribution in [2.45, 2.75) is 31.9 Å². The summed E-state index contributed by atoms with van der Waals surface area (Å²) >= 11 is 5.63. The molecule has 0 bridgehead atoms. The molecule has 0 aromatic heterocycles. The van der Waals surface area contributed by atoms with E-state index in [-0.39, 0.29) is 29.7 Å². The standard InChI is InChI=1S/C14H17ClFNO3/c1-9(13-3-2-6-19-13)17-14(18)8-20-10-4-5-12(16)11(15)7-10/h4-5,7,9,13H,2-3,6,8H2,1H3,(H,17,18)/t9-,13-/m0/s1. The van der Waals surface area contributed by atoms with Crippen molar-refractivity contribution in [3.8, 4) is 5.75 Å². The van der Waals surface area contributed by atoms with Crippen LogP contribution in [0.1, 0.15) is 19.8 Å². The number of rotatable bonds is 5. The van der Waals surface area contributed by atoms with E-state index in [1.54, 1.807) is 0 Å². The minimum Gasteiger partial charge on any atom is -0.484 e. The smallest absolute Gasteiger partial charge is 0.258 e. The highest BCUT2D eigenvalue weighted by Crippen LogP contribution is 2.21. The highest BCUT2D eigenvalue weighted by atomic mass is 35.5. The summed E-state index contributed by atoms with van der Waals surface area (Å²) in [6, 6.07) is 3.92. The van der Waals surface area contributed by atoms with E-state index in [0.29, 0.717) is 5.75 Å². The van der Waals surface area contributed by atoms with E-state index >= 15 is 0 Å². The molecular formula is C14H17ClFNO3. The summed E-state index contributed by atoms with van der Waals surface area (Å²) in [6.07, 6.45) is 2.05. The predicted molar refractivity (Wildman–Crippen MR) is 73.5 cm³/mol. The van der Waals surface area contributed by atoms with Gasteiger partial charge in [-0.25, -0.2) is 4.39 Å². The first kappa shape index (κ1) is 15.1. The first-order chi connectivity index (χ1) is 9.56. The quantitative estimate of drug-likeness (QED) is 0.909. The molecule has 20 heavy (non-hydrogen) atoms. The van der Waals surface area contributed by atoms with Gasteiger partial charge in [0.2, 0.25) is 0 Å². The van der Waals surface area contributed by atoms with Crippen molar-refractivity contribution in [2.75, 3.05) is 13.2 Å². The fourth-order valence-corrected chi connectivity index (χ4v) is 2.27. The summed E-state index contributed by atoms with van der Waals surface area (Å²) in [7, 11) is 0. The van der Waals surface area contributed by atoms with Gasteiger partial charge in [0.1, 0.15) is 11.6 Å². The minimum atomic E-state index is -0.518. The number of ether oxygens (including phenoxy) is 2. The monoisotopic (exact) mass is 301 g/mol. The number of benzene rings is 1. The number of carbonyl (C=O) groups excluding carboxylic acids is 1. The van der Waals surface area contributed by atoms with Crippen molar-refractivity contribution in [3.05, 3.63) is 29.0 Å². The van der Waals surface area contributed by atoms with E-state index in [2.05, 4.69) is 5.32 Å². The lowest BCUT2D eigenvalue weighted by molar-refractivity contribution is -0.124. The first-order valence-electron chi connectivity index (χ1n) is 6.55. The van der Waals surface area contributed by atoms with Crippen molar-refractivity contribution in [3.63, 3.8) is 0 Å². The second-order valence-electron chi connectivity index (χ2n) is 4.77. The van der Waals surface area contributed by atoms with Crippen molar-refractivity contribution >= 4 is 17.5 Å². The van der Waals surface area contributed by atoms with Gasteiger partial charge in [-0.3, -0.25) is 4.79 Å². The van der Waals surface area contributed by atoms with E-state index in [0.717, 1.165) is 19.4 Å². The molecule has 1 aliphatic heterocycles. The molecule has 1 aliphatic rings. The van der Waals surface area contributed by atoms with Crippen molar-refractivity contribution in [1.82, 2.24) is 5.32 Å². The number of hydrogen-bond donors (Lipinski definition) is 1. The lowest BCUT2D eigenvalue weighted by Crippen LogP contribution is -2.42. The second-order valence-corrected chi connectivity index (χ2v) is 5.18. The summed E-state index contributed by atoms with van der Waals surface area (Å²) in [5, 5.41) is 2.79. The Morgan fingerprint density at radius 3 is 3.10 bits per heavy atom. The van der Waals surface area contributed by atoms with Gasteiger partial charge in [0.25, 0.3) is 5.91 Å². The largest absolute Gasteiger partial charge is 0.484 e. The number of halogens is 2. The Balaban J connectivity index is 1.78. The zero-order valence-corrected chi connectivity index (χ0v) is 12.0. The van der Waals surface area contributed by atoms with Gasteiger partial charge in [0, 0.05) is 12.7 Å². The van der Waals surface area contributed by atoms with Crippen LogP contribution in [0.25, 0.3) is 0 Å². The highest BCUT2D eigenvalue weighted by molar-refractivity contribution is 6.30. The van der Waals surface area contributed by atoms with Crippen LogP contribution in [0.5, 0.6) is 5.75 Å². The normalized spacial score (nSPS) is 19.6. The molecule has 2 rings (SSSR count). The van der Waals surface area contributed by atoms with Gasteiger partial charge in [0.15, 0.2) is 6.61 Å². The fraction of sp³-hybridized carbons (Fsp3) is 0.500. The molecule has 0 aliphatic carbocycles. The number of carbonyl (C=O) groups is 1. The molecule has 0 radical (unpaired) electrons. The zero-order chi connectivity index (χ0) is 14.5. The molecule has 4 nitrogen and oxygen atoms in total. The third-order valence-corrected chi connectivity index (χ3v) is 3.46. The van der Waals surface area contributed by atoms with Gasteiger partial charge >= 0.3 is 0 Å². The van der Waals surface area contributed by atoms with Crippen LogP contribution in [-0.2, 0) is 9.53 Å². The Bertz CT molecular complexity index is 477. The molecule has 1 fully saturated rings. The maximum Gasteiger partial charge on any atom is 0.258 e. The molecule has 1 N–H and O–H groups in total. The Labute approximate surface area is 122 Å². The van der Waals surface area contributed by atoms with Crippen LogP contribution in [0.3, 0.4) is 0 Å². The Hall–Kier alpha value is -1.33. The van der Waals surface area contributed by atoms with Gasteiger partial charge in [0.05, 0.1) is 17.2 Å². The summed E-state index contributed by atoms with van der Waals surface area (Å²) < 4.78 is 23.7. The van der Waals surface area contributed by atoms with Gasteiger partial charge in [-0.2, -0.15) is 0 Å². The summed E-state index contributed by atoms with van der Waals surface area (Å²) in [6.45, 7) is 2.51. The number of hydrogen-bond acceptors (Lipinski definition) is 3. The van der Waals surface area contributed by atoms with Crippen molar-refractivity contribution < 1.29 is 18.7 Å². The lowest BCUT2D eigenvalue weighted by atomic mass is 10.1. The molecule has 0 saturated carbocycles. The van der Waals surface area contributed by atoms with Crippen LogP contribution in [0.4, 0.5) is 4.39 Å². The predicted octanol–water partition coefficient (Wildman–Crippen LogP) is 2.54. The molecule has 2 atom stereocenters. The van der Waals surface area contributed by atoms with Crippen LogP contribution >= 0.6 is 11.6 Å². The van der Waals surface area contributed by atoms with Crippen LogP contribution in [0.15, 0.2) is 18.2 Å². The molecule has 1 heterocycles. The second kappa shape index (κ2) is 6.90.